The number of amides is 1. The number of ether oxygens (including phenoxy) is 1. The van der Waals surface area contributed by atoms with Crippen LogP contribution in [0.1, 0.15) is 42.1 Å². The van der Waals surface area contributed by atoms with Gasteiger partial charge in [0.1, 0.15) is 11.6 Å². The lowest BCUT2D eigenvalue weighted by atomic mass is 9.99. The number of amidine groups is 1. The van der Waals surface area contributed by atoms with Gasteiger partial charge in [0, 0.05) is 31.7 Å². The van der Waals surface area contributed by atoms with E-state index in [-0.39, 0.29) is 17.7 Å². The summed E-state index contributed by atoms with van der Waals surface area (Å²) < 4.78 is 35.5. The van der Waals surface area contributed by atoms with Gasteiger partial charge in [-0.2, -0.15) is 8.42 Å². The quantitative estimate of drug-likeness (QED) is 0.559. The molecule has 2 aromatic rings. The first-order valence-corrected chi connectivity index (χ1v) is 12.4. The van der Waals surface area contributed by atoms with E-state index in [1.165, 1.54) is 0 Å². The molecule has 1 aromatic carbocycles. The SMILES string of the molecule is CCCNC(=O)c1ccc(N2CCC[C@H](COc3cccc4c3C(N)=NS(=O)(=O)N4)C2)nc1. The number of carbonyl (C=O) groups excluding carboxylic acids is 1. The Morgan fingerprint density at radius 2 is 2.18 bits per heavy atom. The summed E-state index contributed by atoms with van der Waals surface area (Å²) in [6.45, 7) is 4.74. The Balaban J connectivity index is 1.39. The van der Waals surface area contributed by atoms with E-state index in [0.29, 0.717) is 35.7 Å². The zero-order valence-corrected chi connectivity index (χ0v) is 19.3. The van der Waals surface area contributed by atoms with Crippen LogP contribution < -0.4 is 25.4 Å². The molecule has 1 amide bonds. The van der Waals surface area contributed by atoms with Crippen LogP contribution in [0.5, 0.6) is 5.75 Å². The lowest BCUT2D eigenvalue weighted by Crippen LogP contribution is -2.38. The van der Waals surface area contributed by atoms with Crippen LogP contribution in [0.25, 0.3) is 0 Å². The van der Waals surface area contributed by atoms with E-state index in [9.17, 15) is 13.2 Å². The summed E-state index contributed by atoms with van der Waals surface area (Å²) in [6.07, 6.45) is 4.49. The summed E-state index contributed by atoms with van der Waals surface area (Å²) in [6, 6.07) is 8.77. The van der Waals surface area contributed by atoms with Crippen LogP contribution in [-0.2, 0) is 10.2 Å². The van der Waals surface area contributed by atoms with Gasteiger partial charge >= 0.3 is 10.2 Å². The minimum absolute atomic E-state index is 0.0862. The number of anilines is 2. The van der Waals surface area contributed by atoms with Gasteiger partial charge < -0.3 is 20.7 Å². The molecule has 4 rings (SSSR count). The third-order valence-corrected chi connectivity index (χ3v) is 6.52. The standard InChI is InChI=1S/C22H28N6O4S/c1-2-10-24-22(29)16-8-9-19(25-12-16)28-11-4-5-15(13-28)14-32-18-7-3-6-17-20(18)21(23)27-33(30,31)26-17/h3,6-9,12,15,26H,2,4-5,10-11,13-14H2,1H3,(H2,23,27)(H,24,29)/t15-/m0/s1. The number of aromatic nitrogens is 1. The Kier molecular flexibility index (Phi) is 6.68. The number of pyridine rings is 1. The lowest BCUT2D eigenvalue weighted by molar-refractivity contribution is 0.0953. The molecule has 1 aromatic heterocycles. The summed E-state index contributed by atoms with van der Waals surface area (Å²) >= 11 is 0. The summed E-state index contributed by atoms with van der Waals surface area (Å²) in [5.74, 6) is 1.37. The van der Waals surface area contributed by atoms with Gasteiger partial charge in [0.15, 0.2) is 5.84 Å². The maximum atomic E-state index is 12.1. The topological polar surface area (TPSA) is 139 Å². The van der Waals surface area contributed by atoms with Crippen molar-refractivity contribution in [3.05, 3.63) is 47.7 Å². The Morgan fingerprint density at radius 1 is 1.33 bits per heavy atom. The van der Waals surface area contributed by atoms with Gasteiger partial charge in [0.05, 0.1) is 23.4 Å². The van der Waals surface area contributed by atoms with Crippen molar-refractivity contribution >= 4 is 33.5 Å². The molecule has 176 valence electrons. The number of benzene rings is 1. The first kappa shape index (κ1) is 22.8. The maximum absolute atomic E-state index is 12.1. The molecule has 0 radical (unpaired) electrons. The number of nitrogens with two attached hydrogens (primary N) is 1. The van der Waals surface area contributed by atoms with Gasteiger partial charge in [-0.15, -0.1) is 4.40 Å². The van der Waals surface area contributed by atoms with Gasteiger partial charge in [-0.05, 0) is 43.5 Å². The molecular formula is C22H28N6O4S. The number of piperidine rings is 1. The monoisotopic (exact) mass is 472 g/mol. The number of nitrogens with zero attached hydrogens (tertiary/aromatic N) is 3. The molecule has 0 aliphatic carbocycles. The Bertz CT molecular complexity index is 1150. The van der Waals surface area contributed by atoms with E-state index < -0.39 is 10.2 Å². The fourth-order valence-corrected chi connectivity index (χ4v) is 4.85. The molecule has 1 atom stereocenters. The van der Waals surface area contributed by atoms with E-state index in [1.807, 2.05) is 13.0 Å². The number of fused-ring (bicyclic) bond motifs is 1. The Labute approximate surface area is 193 Å². The summed E-state index contributed by atoms with van der Waals surface area (Å²) in [5, 5.41) is 2.85. The zero-order chi connectivity index (χ0) is 23.4. The fourth-order valence-electron chi connectivity index (χ4n) is 4.00. The highest BCUT2D eigenvalue weighted by Crippen LogP contribution is 2.31. The largest absolute Gasteiger partial charge is 0.492 e. The molecule has 0 spiro atoms. The number of hydrogen-bond acceptors (Lipinski definition) is 7. The van der Waals surface area contributed by atoms with Crippen molar-refractivity contribution in [2.24, 2.45) is 16.0 Å². The van der Waals surface area contributed by atoms with Crippen LogP contribution in [0.2, 0.25) is 0 Å². The number of hydrogen-bond donors (Lipinski definition) is 3. The highest BCUT2D eigenvalue weighted by atomic mass is 32.2. The summed E-state index contributed by atoms with van der Waals surface area (Å²) in [4.78, 5) is 18.8. The van der Waals surface area contributed by atoms with Crippen molar-refractivity contribution < 1.29 is 17.9 Å². The molecule has 2 aliphatic rings. The minimum atomic E-state index is -3.83. The predicted octanol–water partition coefficient (Wildman–Crippen LogP) is 1.89. The van der Waals surface area contributed by atoms with E-state index in [2.05, 4.69) is 24.3 Å². The van der Waals surface area contributed by atoms with E-state index in [1.54, 1.807) is 30.5 Å². The molecule has 33 heavy (non-hydrogen) atoms. The first-order chi connectivity index (χ1) is 15.9. The van der Waals surface area contributed by atoms with Crippen LogP contribution in [-0.4, -0.2) is 51.4 Å². The van der Waals surface area contributed by atoms with Crippen molar-refractivity contribution in [3.63, 3.8) is 0 Å². The van der Waals surface area contributed by atoms with Gasteiger partial charge in [-0.3, -0.25) is 9.52 Å². The van der Waals surface area contributed by atoms with E-state index >= 15 is 0 Å². The fraction of sp³-hybridized carbons (Fsp3) is 0.409. The molecule has 3 heterocycles. The van der Waals surface area contributed by atoms with Gasteiger partial charge in [-0.1, -0.05) is 13.0 Å². The van der Waals surface area contributed by atoms with E-state index in [0.717, 1.165) is 38.2 Å². The number of nitrogens with one attached hydrogen (secondary N) is 2. The predicted molar refractivity (Wildman–Crippen MR) is 127 cm³/mol. The molecule has 11 heteroatoms. The van der Waals surface area contributed by atoms with Crippen LogP contribution in [0.3, 0.4) is 0 Å². The van der Waals surface area contributed by atoms with Crippen molar-refractivity contribution in [3.8, 4) is 5.75 Å². The van der Waals surface area contributed by atoms with Crippen LogP contribution in [0.4, 0.5) is 11.5 Å². The molecule has 0 bridgehead atoms. The molecule has 10 nitrogen and oxygen atoms in total. The maximum Gasteiger partial charge on any atom is 0.344 e. The average Bonchev–Trinajstić information content (AvgIpc) is 2.80. The molecule has 4 N–H and O–H groups in total. The molecule has 0 saturated carbocycles. The van der Waals surface area contributed by atoms with Gasteiger partial charge in [-0.25, -0.2) is 4.98 Å². The van der Waals surface area contributed by atoms with Crippen LogP contribution >= 0.6 is 0 Å². The van der Waals surface area contributed by atoms with Crippen molar-refractivity contribution in [1.82, 2.24) is 10.3 Å². The summed E-state index contributed by atoms with van der Waals surface area (Å²) in [7, 11) is -3.83. The third-order valence-electron chi connectivity index (χ3n) is 5.60. The lowest BCUT2D eigenvalue weighted by Gasteiger charge is -2.33. The molecule has 0 unspecified atom stereocenters. The second-order valence-corrected chi connectivity index (χ2v) is 9.50. The van der Waals surface area contributed by atoms with Crippen molar-refractivity contribution in [2.45, 2.75) is 26.2 Å². The normalized spacial score (nSPS) is 19.1. The Hall–Kier alpha value is -3.34. The van der Waals surface area contributed by atoms with Gasteiger partial charge in [0.25, 0.3) is 5.91 Å². The molecular weight excluding hydrogens is 444 g/mol. The van der Waals surface area contributed by atoms with E-state index in [4.69, 9.17) is 10.5 Å². The van der Waals surface area contributed by atoms with Crippen molar-refractivity contribution in [2.75, 3.05) is 35.9 Å². The minimum Gasteiger partial charge on any atom is -0.492 e. The average molecular weight is 473 g/mol. The molecule has 2 aliphatic heterocycles. The van der Waals surface area contributed by atoms with Gasteiger partial charge in [0.2, 0.25) is 0 Å². The third kappa shape index (κ3) is 5.36. The number of carbonyl (C=O) groups is 1. The smallest absolute Gasteiger partial charge is 0.344 e. The highest BCUT2D eigenvalue weighted by molar-refractivity contribution is 7.91. The highest BCUT2D eigenvalue weighted by Gasteiger charge is 2.26. The first-order valence-electron chi connectivity index (χ1n) is 11.0. The molecule has 1 fully saturated rings. The summed E-state index contributed by atoms with van der Waals surface area (Å²) in [5.41, 5.74) is 7.26. The van der Waals surface area contributed by atoms with Crippen LogP contribution in [0.15, 0.2) is 40.9 Å². The van der Waals surface area contributed by atoms with Crippen LogP contribution in [0, 0.1) is 5.92 Å². The second kappa shape index (κ2) is 9.65. The Morgan fingerprint density at radius 3 is 2.94 bits per heavy atom. The zero-order valence-electron chi connectivity index (χ0n) is 18.5. The van der Waals surface area contributed by atoms with Crippen molar-refractivity contribution in [1.29, 1.82) is 0 Å². The second-order valence-electron chi connectivity index (χ2n) is 8.16. The molecule has 1 saturated heterocycles. The number of rotatable bonds is 7.